The molecule has 0 saturated carbocycles. The largest absolute Gasteiger partial charge is 0.369 e. The van der Waals surface area contributed by atoms with E-state index >= 15 is 0 Å². The van der Waals surface area contributed by atoms with Crippen molar-refractivity contribution in [3.63, 3.8) is 0 Å². The number of aromatic nitrogens is 3. The molecule has 0 radical (unpaired) electrons. The fraction of sp³-hybridized carbons (Fsp3) is 0.227. The molecule has 0 bridgehead atoms. The quantitative estimate of drug-likeness (QED) is 0.477. The van der Waals surface area contributed by atoms with E-state index in [1.807, 2.05) is 47.2 Å². The van der Waals surface area contributed by atoms with Crippen LogP contribution in [0.4, 0.5) is 5.82 Å². The highest BCUT2D eigenvalue weighted by Gasteiger charge is 2.16. The van der Waals surface area contributed by atoms with E-state index in [2.05, 4.69) is 34.7 Å². The zero-order valence-corrected chi connectivity index (χ0v) is 17.2. The SMILES string of the molecule is Cc1ccccc1-c1nc2cnccn2c1NCCC(=O)N[C@@H](C)c1cccs1. The minimum atomic E-state index is 0.0197. The Hall–Kier alpha value is -3.19. The molecule has 1 aromatic carbocycles. The molecule has 148 valence electrons. The van der Waals surface area contributed by atoms with E-state index in [1.165, 1.54) is 0 Å². The lowest BCUT2D eigenvalue weighted by molar-refractivity contribution is -0.121. The number of carbonyl (C=O) groups is 1. The summed E-state index contributed by atoms with van der Waals surface area (Å²) in [5, 5.41) is 8.49. The predicted molar refractivity (Wildman–Crippen MR) is 117 cm³/mol. The fourth-order valence-corrected chi connectivity index (χ4v) is 4.05. The van der Waals surface area contributed by atoms with Gasteiger partial charge in [-0.3, -0.25) is 14.2 Å². The summed E-state index contributed by atoms with van der Waals surface area (Å²) in [6.07, 6.45) is 5.73. The van der Waals surface area contributed by atoms with Gasteiger partial charge in [-0.2, -0.15) is 0 Å². The van der Waals surface area contributed by atoms with Crippen LogP contribution in [0.2, 0.25) is 0 Å². The third-order valence-electron chi connectivity index (χ3n) is 4.82. The van der Waals surface area contributed by atoms with Gasteiger partial charge in [0, 0.05) is 35.8 Å². The minimum Gasteiger partial charge on any atom is -0.369 e. The first-order valence-corrected chi connectivity index (χ1v) is 10.5. The van der Waals surface area contributed by atoms with Crippen molar-refractivity contribution in [1.29, 1.82) is 0 Å². The zero-order chi connectivity index (χ0) is 20.2. The maximum atomic E-state index is 12.4. The van der Waals surface area contributed by atoms with Crippen LogP contribution >= 0.6 is 11.3 Å². The van der Waals surface area contributed by atoms with Gasteiger partial charge < -0.3 is 10.6 Å². The van der Waals surface area contributed by atoms with E-state index in [0.717, 1.165) is 33.2 Å². The molecule has 1 amide bonds. The lowest BCUT2D eigenvalue weighted by atomic mass is 10.1. The van der Waals surface area contributed by atoms with Gasteiger partial charge in [-0.15, -0.1) is 11.3 Å². The van der Waals surface area contributed by atoms with Gasteiger partial charge in [0.15, 0.2) is 5.65 Å². The number of fused-ring (bicyclic) bond motifs is 1. The fourth-order valence-electron chi connectivity index (χ4n) is 3.32. The summed E-state index contributed by atoms with van der Waals surface area (Å²) in [6.45, 7) is 4.59. The van der Waals surface area contributed by atoms with Crippen LogP contribution in [-0.2, 0) is 4.79 Å². The molecule has 0 saturated heterocycles. The van der Waals surface area contributed by atoms with Crippen molar-refractivity contribution in [2.24, 2.45) is 0 Å². The van der Waals surface area contributed by atoms with Crippen molar-refractivity contribution in [3.05, 3.63) is 70.8 Å². The molecule has 0 aliphatic carbocycles. The van der Waals surface area contributed by atoms with Crippen molar-refractivity contribution in [2.45, 2.75) is 26.3 Å². The number of anilines is 1. The molecule has 3 heterocycles. The highest BCUT2D eigenvalue weighted by Crippen LogP contribution is 2.30. The lowest BCUT2D eigenvalue weighted by Gasteiger charge is -2.13. The number of imidazole rings is 1. The Kier molecular flexibility index (Phi) is 5.57. The average molecular weight is 406 g/mol. The second-order valence-electron chi connectivity index (χ2n) is 6.91. The molecule has 2 N–H and O–H groups in total. The normalized spacial score (nSPS) is 12.1. The number of benzene rings is 1. The number of rotatable bonds is 7. The van der Waals surface area contributed by atoms with Crippen molar-refractivity contribution >= 4 is 28.7 Å². The molecule has 0 aliphatic rings. The first-order valence-electron chi connectivity index (χ1n) is 9.58. The van der Waals surface area contributed by atoms with Crippen LogP contribution in [0.3, 0.4) is 0 Å². The van der Waals surface area contributed by atoms with Crippen LogP contribution in [0.5, 0.6) is 0 Å². The van der Waals surface area contributed by atoms with Gasteiger partial charge in [0.2, 0.25) is 5.91 Å². The number of thiophene rings is 1. The molecule has 4 rings (SSSR count). The van der Waals surface area contributed by atoms with E-state index in [1.54, 1.807) is 23.7 Å². The number of hydrogen-bond acceptors (Lipinski definition) is 5. The molecule has 0 spiro atoms. The number of aryl methyl sites for hydroxylation is 1. The van der Waals surface area contributed by atoms with Crippen LogP contribution in [0.1, 0.15) is 29.8 Å². The summed E-state index contributed by atoms with van der Waals surface area (Å²) in [5.41, 5.74) is 3.84. The molecule has 0 aliphatic heterocycles. The second-order valence-corrected chi connectivity index (χ2v) is 7.89. The zero-order valence-electron chi connectivity index (χ0n) is 16.4. The van der Waals surface area contributed by atoms with Crippen LogP contribution in [0.25, 0.3) is 16.9 Å². The number of nitrogens with one attached hydrogen (secondary N) is 2. The summed E-state index contributed by atoms with van der Waals surface area (Å²) in [5.74, 6) is 0.891. The van der Waals surface area contributed by atoms with E-state index in [0.29, 0.717) is 13.0 Å². The number of nitrogens with zero attached hydrogens (tertiary/aromatic N) is 3. The van der Waals surface area contributed by atoms with Crippen LogP contribution in [0.15, 0.2) is 60.4 Å². The molecule has 4 aromatic rings. The number of carbonyl (C=O) groups excluding carboxylic acids is 1. The molecule has 7 heteroatoms. The minimum absolute atomic E-state index is 0.0197. The van der Waals surface area contributed by atoms with E-state index in [4.69, 9.17) is 4.98 Å². The second kappa shape index (κ2) is 8.45. The average Bonchev–Trinajstić information content (AvgIpc) is 3.37. The third kappa shape index (κ3) is 4.14. The van der Waals surface area contributed by atoms with E-state index in [-0.39, 0.29) is 11.9 Å². The van der Waals surface area contributed by atoms with Gasteiger partial charge >= 0.3 is 0 Å². The molecule has 29 heavy (non-hydrogen) atoms. The summed E-state index contributed by atoms with van der Waals surface area (Å²) in [4.78, 5) is 22.5. The first kappa shape index (κ1) is 19.1. The maximum Gasteiger partial charge on any atom is 0.222 e. The topological polar surface area (TPSA) is 71.3 Å². The molecular formula is C22H23N5OS. The van der Waals surface area contributed by atoms with Gasteiger partial charge in [-0.05, 0) is 30.9 Å². The van der Waals surface area contributed by atoms with Crippen molar-refractivity contribution in [2.75, 3.05) is 11.9 Å². The molecule has 6 nitrogen and oxygen atoms in total. The smallest absolute Gasteiger partial charge is 0.222 e. The Labute approximate surface area is 173 Å². The molecule has 0 fully saturated rings. The van der Waals surface area contributed by atoms with E-state index < -0.39 is 0 Å². The van der Waals surface area contributed by atoms with Crippen LogP contribution in [0, 0.1) is 6.92 Å². The first-order chi connectivity index (χ1) is 14.1. The Morgan fingerprint density at radius 2 is 2.10 bits per heavy atom. The molecular weight excluding hydrogens is 382 g/mol. The molecule has 0 unspecified atom stereocenters. The Morgan fingerprint density at radius 3 is 2.90 bits per heavy atom. The molecule has 1 atom stereocenters. The Bertz CT molecular complexity index is 1120. The van der Waals surface area contributed by atoms with Gasteiger partial charge in [-0.1, -0.05) is 30.3 Å². The lowest BCUT2D eigenvalue weighted by Crippen LogP contribution is -2.27. The Balaban J connectivity index is 1.50. The van der Waals surface area contributed by atoms with Gasteiger partial charge in [0.1, 0.15) is 11.5 Å². The van der Waals surface area contributed by atoms with Crippen LogP contribution < -0.4 is 10.6 Å². The maximum absolute atomic E-state index is 12.4. The molecule has 3 aromatic heterocycles. The predicted octanol–water partition coefficient (Wildman–Crippen LogP) is 4.45. The van der Waals surface area contributed by atoms with Gasteiger partial charge in [0.05, 0.1) is 12.2 Å². The highest BCUT2D eigenvalue weighted by molar-refractivity contribution is 7.10. The van der Waals surface area contributed by atoms with Crippen LogP contribution in [-0.4, -0.2) is 26.8 Å². The van der Waals surface area contributed by atoms with Gasteiger partial charge in [0.25, 0.3) is 0 Å². The number of amides is 1. The van der Waals surface area contributed by atoms with Crippen molar-refractivity contribution in [1.82, 2.24) is 19.7 Å². The summed E-state index contributed by atoms with van der Waals surface area (Å²) < 4.78 is 1.97. The van der Waals surface area contributed by atoms with Crippen molar-refractivity contribution < 1.29 is 4.79 Å². The summed E-state index contributed by atoms with van der Waals surface area (Å²) in [7, 11) is 0. The summed E-state index contributed by atoms with van der Waals surface area (Å²) in [6, 6.07) is 12.2. The third-order valence-corrected chi connectivity index (χ3v) is 5.88. The standard InChI is InChI=1S/C22H23N5OS/c1-15-6-3-4-7-17(15)21-22(27-12-11-23-14-19(27)26-21)24-10-9-20(28)25-16(2)18-8-5-13-29-18/h3-8,11-14,16,24H,9-10H2,1-2H3,(H,25,28)/t16-/m0/s1. The number of hydrogen-bond donors (Lipinski definition) is 2. The monoisotopic (exact) mass is 405 g/mol. The van der Waals surface area contributed by atoms with Crippen molar-refractivity contribution in [3.8, 4) is 11.3 Å². The Morgan fingerprint density at radius 1 is 1.24 bits per heavy atom. The van der Waals surface area contributed by atoms with E-state index in [9.17, 15) is 4.79 Å². The summed E-state index contributed by atoms with van der Waals surface area (Å²) >= 11 is 1.65. The highest BCUT2D eigenvalue weighted by atomic mass is 32.1. The van der Waals surface area contributed by atoms with Gasteiger partial charge in [-0.25, -0.2) is 4.98 Å².